The zero-order chi connectivity index (χ0) is 19.9. The normalized spacial score (nSPS) is 11.0. The first-order chi connectivity index (χ1) is 13.6. The van der Waals surface area contributed by atoms with Gasteiger partial charge in [0.25, 0.3) is 5.91 Å². The monoisotopic (exact) mass is 376 g/mol. The van der Waals surface area contributed by atoms with Gasteiger partial charge in [0.1, 0.15) is 34.7 Å². The molecule has 1 N–H and O–H groups in total. The van der Waals surface area contributed by atoms with E-state index in [1.807, 2.05) is 13.0 Å². The molecular formula is C22H17FN2O3. The highest BCUT2D eigenvalue weighted by Crippen LogP contribution is 2.24. The average molecular weight is 376 g/mol. The maximum absolute atomic E-state index is 13.0. The van der Waals surface area contributed by atoms with E-state index in [1.54, 1.807) is 48.5 Å². The Morgan fingerprint density at radius 3 is 2.50 bits per heavy atom. The number of carbonyl (C=O) groups is 1. The van der Waals surface area contributed by atoms with Gasteiger partial charge in [-0.15, -0.1) is 0 Å². The molecule has 0 aliphatic heterocycles. The van der Waals surface area contributed by atoms with Crippen LogP contribution in [0.25, 0.3) is 17.4 Å². The Hall–Kier alpha value is -3.85. The summed E-state index contributed by atoms with van der Waals surface area (Å²) in [6.07, 6.45) is 1.36. The molecule has 0 aliphatic carbocycles. The molecule has 0 unspecified atom stereocenters. The average Bonchev–Trinajstić information content (AvgIpc) is 3.17. The zero-order valence-corrected chi connectivity index (χ0v) is 15.1. The van der Waals surface area contributed by atoms with Crippen molar-refractivity contribution in [3.8, 4) is 23.1 Å². The van der Waals surface area contributed by atoms with Crippen LogP contribution >= 0.6 is 0 Å². The first-order valence-corrected chi connectivity index (χ1v) is 8.61. The quantitative estimate of drug-likeness (QED) is 0.484. The van der Waals surface area contributed by atoms with Gasteiger partial charge >= 0.3 is 0 Å². The van der Waals surface area contributed by atoms with Crippen LogP contribution in [0.1, 0.15) is 12.7 Å². The number of anilines is 1. The fourth-order valence-electron chi connectivity index (χ4n) is 2.49. The molecule has 5 nitrogen and oxygen atoms in total. The number of furan rings is 1. The van der Waals surface area contributed by atoms with Crippen LogP contribution in [-0.4, -0.2) is 12.5 Å². The number of carbonyl (C=O) groups excluding carboxylic acids is 1. The van der Waals surface area contributed by atoms with Crippen molar-refractivity contribution in [2.24, 2.45) is 0 Å². The van der Waals surface area contributed by atoms with E-state index in [1.165, 1.54) is 18.2 Å². The Kier molecular flexibility index (Phi) is 5.87. The van der Waals surface area contributed by atoms with Crippen molar-refractivity contribution in [3.63, 3.8) is 0 Å². The Morgan fingerprint density at radius 1 is 1.14 bits per heavy atom. The molecule has 0 saturated heterocycles. The van der Waals surface area contributed by atoms with Gasteiger partial charge in [-0.1, -0.05) is 0 Å². The second-order valence-corrected chi connectivity index (χ2v) is 5.79. The molecule has 0 saturated carbocycles. The molecule has 0 spiro atoms. The summed E-state index contributed by atoms with van der Waals surface area (Å²) in [5, 5.41) is 12.0. The number of halogens is 1. The number of nitrogens with one attached hydrogen (secondary N) is 1. The number of ether oxygens (including phenoxy) is 1. The van der Waals surface area contributed by atoms with Crippen LogP contribution in [0.2, 0.25) is 0 Å². The second-order valence-electron chi connectivity index (χ2n) is 5.79. The summed E-state index contributed by atoms with van der Waals surface area (Å²) >= 11 is 0. The van der Waals surface area contributed by atoms with Crippen molar-refractivity contribution >= 4 is 17.7 Å². The summed E-state index contributed by atoms with van der Waals surface area (Å²) in [6, 6.07) is 17.9. The number of nitrogens with zero attached hydrogens (tertiary/aromatic N) is 1. The number of nitriles is 1. The summed E-state index contributed by atoms with van der Waals surface area (Å²) < 4.78 is 24.0. The van der Waals surface area contributed by atoms with E-state index < -0.39 is 5.91 Å². The van der Waals surface area contributed by atoms with Crippen LogP contribution in [0.3, 0.4) is 0 Å². The standard InChI is InChI=1S/C22H17FN2O3/c1-2-27-19-9-7-18(8-10-19)25-22(26)16(14-24)13-20-11-12-21(28-20)15-3-5-17(23)6-4-15/h3-13H,2H2,1H3,(H,25,26)/b16-13-. The molecular weight excluding hydrogens is 359 g/mol. The highest BCUT2D eigenvalue weighted by molar-refractivity contribution is 6.09. The lowest BCUT2D eigenvalue weighted by Crippen LogP contribution is -2.13. The summed E-state index contributed by atoms with van der Waals surface area (Å²) in [7, 11) is 0. The number of rotatable bonds is 6. The summed E-state index contributed by atoms with van der Waals surface area (Å²) in [4.78, 5) is 12.4. The van der Waals surface area contributed by atoms with E-state index in [-0.39, 0.29) is 11.4 Å². The minimum atomic E-state index is -0.550. The van der Waals surface area contributed by atoms with Crippen LogP contribution in [0.15, 0.2) is 70.7 Å². The maximum Gasteiger partial charge on any atom is 0.266 e. The van der Waals surface area contributed by atoms with E-state index in [2.05, 4.69) is 5.32 Å². The first-order valence-electron chi connectivity index (χ1n) is 8.61. The van der Waals surface area contributed by atoms with E-state index in [9.17, 15) is 14.4 Å². The molecule has 3 aromatic rings. The minimum Gasteiger partial charge on any atom is -0.494 e. The first kappa shape index (κ1) is 18.9. The predicted molar refractivity (Wildman–Crippen MR) is 104 cm³/mol. The molecule has 1 heterocycles. The van der Waals surface area contributed by atoms with Crippen molar-refractivity contribution in [1.82, 2.24) is 0 Å². The molecule has 28 heavy (non-hydrogen) atoms. The number of amides is 1. The Labute approximate surface area is 161 Å². The van der Waals surface area contributed by atoms with E-state index in [0.29, 0.717) is 35.1 Å². The fourth-order valence-corrected chi connectivity index (χ4v) is 2.49. The van der Waals surface area contributed by atoms with Gasteiger partial charge in [0.15, 0.2) is 0 Å². The van der Waals surface area contributed by atoms with E-state index >= 15 is 0 Å². The third kappa shape index (κ3) is 4.65. The molecule has 3 rings (SSSR count). The Morgan fingerprint density at radius 2 is 1.86 bits per heavy atom. The summed E-state index contributed by atoms with van der Waals surface area (Å²) in [6.45, 7) is 2.44. The molecule has 140 valence electrons. The number of hydrogen-bond acceptors (Lipinski definition) is 4. The van der Waals surface area contributed by atoms with Crippen LogP contribution in [0.4, 0.5) is 10.1 Å². The lowest BCUT2D eigenvalue weighted by molar-refractivity contribution is -0.112. The van der Waals surface area contributed by atoms with Gasteiger partial charge in [-0.3, -0.25) is 4.79 Å². The van der Waals surface area contributed by atoms with Crippen molar-refractivity contribution in [2.45, 2.75) is 6.92 Å². The van der Waals surface area contributed by atoms with E-state index in [4.69, 9.17) is 9.15 Å². The van der Waals surface area contributed by atoms with Crippen LogP contribution in [-0.2, 0) is 4.79 Å². The van der Waals surface area contributed by atoms with Crippen LogP contribution in [0.5, 0.6) is 5.75 Å². The van der Waals surface area contributed by atoms with E-state index in [0.717, 1.165) is 0 Å². The molecule has 0 bridgehead atoms. The third-order valence-electron chi connectivity index (χ3n) is 3.83. The predicted octanol–water partition coefficient (Wildman–Crippen LogP) is 5.03. The Bertz CT molecular complexity index is 1030. The van der Waals surface area contributed by atoms with Gasteiger partial charge in [-0.25, -0.2) is 4.39 Å². The molecule has 1 amide bonds. The minimum absolute atomic E-state index is 0.103. The lowest BCUT2D eigenvalue weighted by Gasteiger charge is -2.06. The van der Waals surface area contributed by atoms with Crippen LogP contribution < -0.4 is 10.1 Å². The van der Waals surface area contributed by atoms with Crippen molar-refractivity contribution in [1.29, 1.82) is 5.26 Å². The molecule has 1 aromatic heterocycles. The van der Waals surface area contributed by atoms with Crippen molar-refractivity contribution in [2.75, 3.05) is 11.9 Å². The van der Waals surface area contributed by atoms with Gasteiger partial charge in [0.05, 0.1) is 6.61 Å². The van der Waals surface area contributed by atoms with Crippen LogP contribution in [0, 0.1) is 17.1 Å². The Balaban J connectivity index is 1.73. The van der Waals surface area contributed by atoms with Gasteiger partial charge in [0.2, 0.25) is 0 Å². The molecule has 0 aliphatic rings. The third-order valence-corrected chi connectivity index (χ3v) is 3.83. The molecule has 0 fully saturated rings. The molecule has 6 heteroatoms. The largest absolute Gasteiger partial charge is 0.494 e. The van der Waals surface area contributed by atoms with Gasteiger partial charge in [-0.05, 0) is 67.6 Å². The SMILES string of the molecule is CCOc1ccc(NC(=O)/C(C#N)=C\c2ccc(-c3ccc(F)cc3)o2)cc1. The molecule has 0 radical (unpaired) electrons. The molecule has 0 atom stereocenters. The fraction of sp³-hybridized carbons (Fsp3) is 0.0909. The number of benzene rings is 2. The summed E-state index contributed by atoms with van der Waals surface area (Å²) in [5.74, 6) is 0.660. The zero-order valence-electron chi connectivity index (χ0n) is 15.1. The molecule has 2 aromatic carbocycles. The number of hydrogen-bond donors (Lipinski definition) is 1. The van der Waals surface area contributed by atoms with Gasteiger partial charge < -0.3 is 14.5 Å². The second kappa shape index (κ2) is 8.69. The summed E-state index contributed by atoms with van der Waals surface area (Å²) in [5.41, 5.74) is 1.13. The van der Waals surface area contributed by atoms with Gasteiger partial charge in [0, 0.05) is 17.3 Å². The highest BCUT2D eigenvalue weighted by atomic mass is 19.1. The lowest BCUT2D eigenvalue weighted by atomic mass is 10.2. The van der Waals surface area contributed by atoms with Crippen molar-refractivity contribution < 1.29 is 18.3 Å². The highest BCUT2D eigenvalue weighted by Gasteiger charge is 2.12. The van der Waals surface area contributed by atoms with Crippen molar-refractivity contribution in [3.05, 3.63) is 77.8 Å². The maximum atomic E-state index is 13.0. The topological polar surface area (TPSA) is 75.3 Å². The van der Waals surface area contributed by atoms with Gasteiger partial charge in [-0.2, -0.15) is 5.26 Å². The smallest absolute Gasteiger partial charge is 0.266 e.